The van der Waals surface area contributed by atoms with Crippen LogP contribution < -0.4 is 4.74 Å². The van der Waals surface area contributed by atoms with Gasteiger partial charge in [-0.25, -0.2) is 4.98 Å². The van der Waals surface area contributed by atoms with E-state index in [-0.39, 0.29) is 0 Å². The number of azide groups is 1. The highest BCUT2D eigenvalue weighted by Gasteiger charge is 2.22. The first kappa shape index (κ1) is 11.5. The van der Waals surface area contributed by atoms with Crippen LogP contribution in [0.3, 0.4) is 0 Å². The van der Waals surface area contributed by atoms with Crippen LogP contribution in [0, 0.1) is 9.49 Å². The smallest absolute Gasteiger partial charge is 0.214 e. The van der Waals surface area contributed by atoms with Gasteiger partial charge in [0.15, 0.2) is 0 Å². The lowest BCUT2D eigenvalue weighted by molar-refractivity contribution is 0.288. The van der Waals surface area contributed by atoms with Crippen LogP contribution in [0.1, 0.15) is 18.4 Å². The molecule has 16 heavy (non-hydrogen) atoms. The molecule has 1 aromatic rings. The first-order valence-electron chi connectivity index (χ1n) is 5.07. The van der Waals surface area contributed by atoms with Crippen LogP contribution in [0.15, 0.2) is 17.4 Å². The zero-order valence-electron chi connectivity index (χ0n) is 8.64. The topological polar surface area (TPSA) is 70.9 Å². The molecule has 5 nitrogen and oxygen atoms in total. The summed E-state index contributed by atoms with van der Waals surface area (Å²) < 4.78 is 6.57. The molecule has 1 fully saturated rings. The van der Waals surface area contributed by atoms with Gasteiger partial charge in [0, 0.05) is 20.7 Å². The Morgan fingerprint density at radius 2 is 2.44 bits per heavy atom. The fourth-order valence-electron chi connectivity index (χ4n) is 1.23. The summed E-state index contributed by atoms with van der Waals surface area (Å²) in [5, 5.41) is 3.51. The molecule has 1 aromatic heterocycles. The second-order valence-corrected chi connectivity index (χ2v) is 4.92. The van der Waals surface area contributed by atoms with Crippen molar-refractivity contribution in [3.05, 3.63) is 31.8 Å². The number of nitrogens with zero attached hydrogens (tertiary/aromatic N) is 4. The number of hydrogen-bond donors (Lipinski definition) is 0. The quantitative estimate of drug-likeness (QED) is 0.360. The Labute approximate surface area is 107 Å². The zero-order chi connectivity index (χ0) is 11.4. The minimum absolute atomic E-state index is 0.338. The Hall–Kier alpha value is -1.01. The average molecular weight is 330 g/mol. The standard InChI is InChI=1S/C10H11IN4O/c11-9-3-10(16-6-7-1-2-7)13-4-8(9)5-14-15-12/h3-4,7H,1-2,5-6H2. The molecular formula is C10H11IN4O. The van der Waals surface area contributed by atoms with Gasteiger partial charge < -0.3 is 4.74 Å². The molecule has 1 saturated carbocycles. The predicted molar refractivity (Wildman–Crippen MR) is 68.0 cm³/mol. The number of halogens is 1. The first-order chi connectivity index (χ1) is 7.79. The van der Waals surface area contributed by atoms with E-state index in [1.54, 1.807) is 6.20 Å². The molecule has 0 spiro atoms. The van der Waals surface area contributed by atoms with Crippen LogP contribution >= 0.6 is 22.6 Å². The maximum Gasteiger partial charge on any atom is 0.214 e. The van der Waals surface area contributed by atoms with Crippen LogP contribution in [0.4, 0.5) is 0 Å². The monoisotopic (exact) mass is 330 g/mol. The summed E-state index contributed by atoms with van der Waals surface area (Å²) in [5.74, 6) is 1.38. The lowest BCUT2D eigenvalue weighted by atomic mass is 10.3. The van der Waals surface area contributed by atoms with Gasteiger partial charge in [-0.15, -0.1) is 0 Å². The van der Waals surface area contributed by atoms with E-state index >= 15 is 0 Å². The van der Waals surface area contributed by atoms with Crippen molar-refractivity contribution < 1.29 is 4.74 Å². The number of rotatable bonds is 5. The van der Waals surface area contributed by atoms with Crippen LogP contribution in [-0.4, -0.2) is 11.6 Å². The molecular weight excluding hydrogens is 319 g/mol. The minimum Gasteiger partial charge on any atom is -0.477 e. The SMILES string of the molecule is [N-]=[N+]=NCc1cnc(OCC2CC2)cc1I. The summed E-state index contributed by atoms with van der Waals surface area (Å²) in [4.78, 5) is 6.91. The number of pyridine rings is 1. The Bertz CT molecular complexity index is 427. The van der Waals surface area contributed by atoms with E-state index in [9.17, 15) is 0 Å². The molecule has 0 amide bonds. The number of ether oxygens (including phenoxy) is 1. The Kier molecular flexibility index (Phi) is 3.84. The van der Waals surface area contributed by atoms with E-state index in [4.69, 9.17) is 10.3 Å². The van der Waals surface area contributed by atoms with E-state index in [0.717, 1.165) is 21.7 Å². The van der Waals surface area contributed by atoms with E-state index in [0.29, 0.717) is 12.4 Å². The van der Waals surface area contributed by atoms with Gasteiger partial charge >= 0.3 is 0 Å². The third-order valence-corrected chi connectivity index (χ3v) is 3.38. The summed E-state index contributed by atoms with van der Waals surface area (Å²) in [6.07, 6.45) is 4.25. The highest BCUT2D eigenvalue weighted by molar-refractivity contribution is 14.1. The van der Waals surface area contributed by atoms with E-state index < -0.39 is 0 Å². The molecule has 84 valence electrons. The third kappa shape index (κ3) is 3.24. The van der Waals surface area contributed by atoms with Crippen molar-refractivity contribution in [3.63, 3.8) is 0 Å². The van der Waals surface area contributed by atoms with Crippen molar-refractivity contribution in [2.75, 3.05) is 6.61 Å². The maximum absolute atomic E-state index is 8.24. The molecule has 0 bridgehead atoms. The van der Waals surface area contributed by atoms with Gasteiger partial charge in [0.05, 0.1) is 13.2 Å². The summed E-state index contributed by atoms with van der Waals surface area (Å²) in [7, 11) is 0. The molecule has 2 rings (SSSR count). The van der Waals surface area contributed by atoms with Gasteiger partial charge in [-0.05, 0) is 52.4 Å². The van der Waals surface area contributed by atoms with Crippen LogP contribution in [0.5, 0.6) is 5.88 Å². The van der Waals surface area contributed by atoms with Gasteiger partial charge in [-0.3, -0.25) is 0 Å². The molecule has 0 N–H and O–H groups in total. The van der Waals surface area contributed by atoms with Gasteiger partial charge in [-0.2, -0.15) is 0 Å². The normalized spacial score (nSPS) is 14.3. The summed E-state index contributed by atoms with van der Waals surface area (Å²) >= 11 is 2.20. The summed E-state index contributed by atoms with van der Waals surface area (Å²) in [6.45, 7) is 1.10. The highest BCUT2D eigenvalue weighted by Crippen LogP contribution is 2.29. The molecule has 0 aliphatic heterocycles. The van der Waals surface area contributed by atoms with Crippen LogP contribution in [0.25, 0.3) is 10.4 Å². The number of aromatic nitrogens is 1. The molecule has 6 heteroatoms. The van der Waals surface area contributed by atoms with Crippen molar-refractivity contribution in [3.8, 4) is 5.88 Å². The molecule has 0 aromatic carbocycles. The lowest BCUT2D eigenvalue weighted by Crippen LogP contribution is -2.01. The fourth-order valence-corrected chi connectivity index (χ4v) is 1.81. The Morgan fingerprint density at radius 3 is 3.06 bits per heavy atom. The highest BCUT2D eigenvalue weighted by atomic mass is 127. The average Bonchev–Trinajstić information content (AvgIpc) is 3.09. The second-order valence-electron chi connectivity index (χ2n) is 3.76. The van der Waals surface area contributed by atoms with Crippen molar-refractivity contribution in [1.82, 2.24) is 4.98 Å². The van der Waals surface area contributed by atoms with E-state index in [1.807, 2.05) is 6.07 Å². The maximum atomic E-state index is 8.24. The fraction of sp³-hybridized carbons (Fsp3) is 0.500. The molecule has 0 radical (unpaired) electrons. The van der Waals surface area contributed by atoms with Crippen LogP contribution in [-0.2, 0) is 6.54 Å². The second kappa shape index (κ2) is 5.36. The van der Waals surface area contributed by atoms with Gasteiger partial charge in [0.2, 0.25) is 5.88 Å². The van der Waals surface area contributed by atoms with Crippen molar-refractivity contribution in [2.45, 2.75) is 19.4 Å². The summed E-state index contributed by atoms with van der Waals surface area (Å²) in [6, 6.07) is 1.88. The predicted octanol–water partition coefficient (Wildman–Crippen LogP) is 3.29. The molecule has 0 atom stereocenters. The molecule has 1 aliphatic rings. The first-order valence-corrected chi connectivity index (χ1v) is 6.15. The van der Waals surface area contributed by atoms with E-state index in [2.05, 4.69) is 37.6 Å². The summed E-state index contributed by atoms with van der Waals surface area (Å²) in [5.41, 5.74) is 9.16. The van der Waals surface area contributed by atoms with Gasteiger partial charge in [0.25, 0.3) is 0 Å². The minimum atomic E-state index is 0.338. The largest absolute Gasteiger partial charge is 0.477 e. The van der Waals surface area contributed by atoms with Gasteiger partial charge in [0.1, 0.15) is 0 Å². The molecule has 1 aliphatic carbocycles. The van der Waals surface area contributed by atoms with Crippen LogP contribution in [0.2, 0.25) is 0 Å². The number of hydrogen-bond acceptors (Lipinski definition) is 3. The van der Waals surface area contributed by atoms with Crippen molar-refractivity contribution in [2.24, 2.45) is 11.0 Å². The lowest BCUT2D eigenvalue weighted by Gasteiger charge is -2.06. The Morgan fingerprint density at radius 1 is 1.62 bits per heavy atom. The van der Waals surface area contributed by atoms with Gasteiger partial charge in [-0.1, -0.05) is 5.11 Å². The van der Waals surface area contributed by atoms with E-state index in [1.165, 1.54) is 12.8 Å². The molecule has 1 heterocycles. The zero-order valence-corrected chi connectivity index (χ0v) is 10.8. The van der Waals surface area contributed by atoms with Crippen molar-refractivity contribution >= 4 is 22.6 Å². The third-order valence-electron chi connectivity index (χ3n) is 2.37. The van der Waals surface area contributed by atoms with Crippen molar-refractivity contribution in [1.29, 1.82) is 0 Å². The molecule has 0 saturated heterocycles. The molecule has 0 unspecified atom stereocenters. The Balaban J connectivity index is 1.99.